The van der Waals surface area contributed by atoms with Crippen molar-refractivity contribution in [3.63, 3.8) is 0 Å². The standard InChI is InChI=1S/C19H24N6O2/c1-23-10-11-27-16(13-23)19-21-17(12-14-6-4-5-7-15(14)26-3)22-25(19)18-8-9-20-24(18)2/h4-9,16H,10-13H2,1-3H3. The van der Waals surface area contributed by atoms with Gasteiger partial charge in [-0.3, -0.25) is 4.68 Å². The molecule has 0 bridgehead atoms. The molecule has 142 valence electrons. The lowest BCUT2D eigenvalue weighted by atomic mass is 10.1. The predicted molar refractivity (Wildman–Crippen MR) is 100 cm³/mol. The molecule has 1 unspecified atom stereocenters. The minimum Gasteiger partial charge on any atom is -0.496 e. The maximum absolute atomic E-state index is 6.00. The van der Waals surface area contributed by atoms with Crippen LogP contribution in [0.3, 0.4) is 0 Å². The molecule has 3 aromatic rings. The maximum Gasteiger partial charge on any atom is 0.164 e. The number of aryl methyl sites for hydroxylation is 1. The summed E-state index contributed by atoms with van der Waals surface area (Å²) in [6.45, 7) is 2.39. The van der Waals surface area contributed by atoms with E-state index in [0.717, 1.165) is 41.9 Å². The van der Waals surface area contributed by atoms with Crippen molar-refractivity contribution in [2.45, 2.75) is 12.5 Å². The molecule has 4 rings (SSSR count). The van der Waals surface area contributed by atoms with Crippen molar-refractivity contribution in [3.8, 4) is 11.6 Å². The van der Waals surface area contributed by atoms with Crippen LogP contribution in [0.2, 0.25) is 0 Å². The second kappa shape index (κ2) is 7.50. The number of ether oxygens (including phenoxy) is 2. The van der Waals surface area contributed by atoms with Crippen molar-refractivity contribution in [2.24, 2.45) is 7.05 Å². The van der Waals surface area contributed by atoms with Crippen LogP contribution < -0.4 is 4.74 Å². The molecule has 0 N–H and O–H groups in total. The number of hydrogen-bond acceptors (Lipinski definition) is 6. The highest BCUT2D eigenvalue weighted by Crippen LogP contribution is 2.25. The van der Waals surface area contributed by atoms with Gasteiger partial charge in [0, 0.05) is 38.2 Å². The lowest BCUT2D eigenvalue weighted by Crippen LogP contribution is -2.36. The summed E-state index contributed by atoms with van der Waals surface area (Å²) in [6.07, 6.45) is 2.22. The van der Waals surface area contributed by atoms with E-state index in [1.54, 1.807) is 18.0 Å². The summed E-state index contributed by atoms with van der Waals surface area (Å²) in [4.78, 5) is 7.09. The quantitative estimate of drug-likeness (QED) is 0.681. The number of hydrogen-bond donors (Lipinski definition) is 0. The third kappa shape index (κ3) is 3.58. The van der Waals surface area contributed by atoms with E-state index in [9.17, 15) is 0 Å². The van der Waals surface area contributed by atoms with Crippen molar-refractivity contribution in [1.29, 1.82) is 0 Å². The normalized spacial score (nSPS) is 18.0. The Morgan fingerprint density at radius 2 is 2.07 bits per heavy atom. The molecule has 1 saturated heterocycles. The first-order valence-corrected chi connectivity index (χ1v) is 9.02. The molecule has 27 heavy (non-hydrogen) atoms. The largest absolute Gasteiger partial charge is 0.496 e. The van der Waals surface area contributed by atoms with Gasteiger partial charge in [-0.2, -0.15) is 9.78 Å². The first kappa shape index (κ1) is 17.7. The van der Waals surface area contributed by atoms with Gasteiger partial charge in [0.1, 0.15) is 11.9 Å². The number of benzene rings is 1. The van der Waals surface area contributed by atoms with Gasteiger partial charge in [0.25, 0.3) is 0 Å². The molecular formula is C19H24N6O2. The van der Waals surface area contributed by atoms with E-state index in [4.69, 9.17) is 19.6 Å². The first-order chi connectivity index (χ1) is 13.2. The van der Waals surface area contributed by atoms with E-state index < -0.39 is 0 Å². The van der Waals surface area contributed by atoms with E-state index in [0.29, 0.717) is 13.0 Å². The molecule has 1 aliphatic rings. The van der Waals surface area contributed by atoms with Gasteiger partial charge in [-0.25, -0.2) is 4.98 Å². The van der Waals surface area contributed by atoms with Crippen molar-refractivity contribution < 1.29 is 9.47 Å². The van der Waals surface area contributed by atoms with Crippen LogP contribution in [-0.4, -0.2) is 63.3 Å². The van der Waals surface area contributed by atoms with Crippen LogP contribution in [0.5, 0.6) is 5.75 Å². The number of morpholine rings is 1. The van der Waals surface area contributed by atoms with Crippen LogP contribution >= 0.6 is 0 Å². The van der Waals surface area contributed by atoms with Gasteiger partial charge in [0.15, 0.2) is 17.5 Å². The molecule has 8 nitrogen and oxygen atoms in total. The van der Waals surface area contributed by atoms with Crippen molar-refractivity contribution in [3.05, 3.63) is 53.7 Å². The number of likely N-dealkylation sites (N-methyl/N-ethyl adjacent to an activating group) is 1. The van der Waals surface area contributed by atoms with Gasteiger partial charge < -0.3 is 14.4 Å². The van der Waals surface area contributed by atoms with Gasteiger partial charge in [0.2, 0.25) is 0 Å². The Labute approximate surface area is 158 Å². The fraction of sp³-hybridized carbons (Fsp3) is 0.421. The van der Waals surface area contributed by atoms with Crippen molar-refractivity contribution in [2.75, 3.05) is 33.9 Å². The number of para-hydroxylation sites is 1. The van der Waals surface area contributed by atoms with E-state index in [-0.39, 0.29) is 6.10 Å². The highest BCUT2D eigenvalue weighted by atomic mass is 16.5. The number of nitrogens with zero attached hydrogens (tertiary/aromatic N) is 6. The van der Waals surface area contributed by atoms with E-state index in [2.05, 4.69) is 17.0 Å². The van der Waals surface area contributed by atoms with E-state index >= 15 is 0 Å². The van der Waals surface area contributed by atoms with Gasteiger partial charge in [-0.05, 0) is 13.1 Å². The van der Waals surface area contributed by atoms with Crippen molar-refractivity contribution >= 4 is 0 Å². The van der Waals surface area contributed by atoms with Crippen LogP contribution in [0.25, 0.3) is 5.82 Å². The number of aromatic nitrogens is 5. The Kier molecular flexibility index (Phi) is 4.91. The summed E-state index contributed by atoms with van der Waals surface area (Å²) in [6, 6.07) is 9.87. The molecule has 0 saturated carbocycles. The first-order valence-electron chi connectivity index (χ1n) is 9.02. The Hall–Kier alpha value is -2.71. The van der Waals surface area contributed by atoms with Crippen molar-refractivity contribution in [1.82, 2.24) is 29.4 Å². The molecule has 0 spiro atoms. The second-order valence-electron chi connectivity index (χ2n) is 6.72. The van der Waals surface area contributed by atoms with Crippen LogP contribution in [0.4, 0.5) is 0 Å². The van der Waals surface area contributed by atoms with E-state index in [1.807, 2.05) is 42.1 Å². The molecule has 3 heterocycles. The topological polar surface area (TPSA) is 70.2 Å². The lowest BCUT2D eigenvalue weighted by Gasteiger charge is -2.29. The molecule has 8 heteroatoms. The Bertz CT molecular complexity index is 919. The zero-order chi connectivity index (χ0) is 18.8. The van der Waals surface area contributed by atoms with Crippen LogP contribution in [0.1, 0.15) is 23.3 Å². The Balaban J connectivity index is 1.72. The number of methoxy groups -OCH3 is 1. The Morgan fingerprint density at radius 1 is 1.22 bits per heavy atom. The molecule has 1 fully saturated rings. The molecule has 0 radical (unpaired) electrons. The van der Waals surface area contributed by atoms with Crippen LogP contribution in [0.15, 0.2) is 36.5 Å². The highest BCUT2D eigenvalue weighted by molar-refractivity contribution is 5.35. The molecule has 0 amide bonds. The summed E-state index contributed by atoms with van der Waals surface area (Å²) < 4.78 is 15.1. The fourth-order valence-electron chi connectivity index (χ4n) is 3.35. The molecular weight excluding hydrogens is 344 g/mol. The SMILES string of the molecule is COc1ccccc1Cc1nc(C2CN(C)CCO2)n(-c2ccnn2C)n1. The maximum atomic E-state index is 6.00. The zero-order valence-electron chi connectivity index (χ0n) is 15.9. The summed E-state index contributed by atoms with van der Waals surface area (Å²) in [5.41, 5.74) is 1.05. The lowest BCUT2D eigenvalue weighted by molar-refractivity contribution is -0.0266. The highest BCUT2D eigenvalue weighted by Gasteiger charge is 2.27. The monoisotopic (exact) mass is 368 g/mol. The van der Waals surface area contributed by atoms with Gasteiger partial charge >= 0.3 is 0 Å². The van der Waals surface area contributed by atoms with Crippen LogP contribution in [0, 0.1) is 0 Å². The Morgan fingerprint density at radius 3 is 2.81 bits per heavy atom. The zero-order valence-corrected chi connectivity index (χ0v) is 15.9. The van der Waals surface area contributed by atoms with E-state index in [1.165, 1.54) is 0 Å². The van der Waals surface area contributed by atoms with Gasteiger partial charge in [-0.1, -0.05) is 18.2 Å². The summed E-state index contributed by atoms with van der Waals surface area (Å²) in [5.74, 6) is 3.23. The van der Waals surface area contributed by atoms with Gasteiger partial charge in [0.05, 0.1) is 19.9 Å². The molecule has 1 aliphatic heterocycles. The summed E-state index contributed by atoms with van der Waals surface area (Å²) in [7, 11) is 5.67. The molecule has 0 aliphatic carbocycles. The molecule has 1 aromatic carbocycles. The van der Waals surface area contributed by atoms with Gasteiger partial charge in [-0.15, -0.1) is 5.10 Å². The fourth-order valence-corrected chi connectivity index (χ4v) is 3.35. The third-order valence-electron chi connectivity index (χ3n) is 4.79. The predicted octanol–water partition coefficient (Wildman–Crippen LogP) is 1.60. The molecule has 2 aromatic heterocycles. The average molecular weight is 368 g/mol. The summed E-state index contributed by atoms with van der Waals surface area (Å²) >= 11 is 0. The minimum atomic E-state index is -0.127. The smallest absolute Gasteiger partial charge is 0.164 e. The minimum absolute atomic E-state index is 0.127. The molecule has 1 atom stereocenters. The average Bonchev–Trinajstić information content (AvgIpc) is 3.28. The number of rotatable bonds is 5. The van der Waals surface area contributed by atoms with Crippen LogP contribution in [-0.2, 0) is 18.2 Å². The third-order valence-corrected chi connectivity index (χ3v) is 4.79. The summed E-state index contributed by atoms with van der Waals surface area (Å²) in [5, 5.41) is 9.05. The second-order valence-corrected chi connectivity index (χ2v) is 6.72.